The second-order valence-electron chi connectivity index (χ2n) is 5.45. The van der Waals surface area contributed by atoms with Crippen LogP contribution in [0.2, 0.25) is 0 Å². The van der Waals surface area contributed by atoms with Gasteiger partial charge in [-0.25, -0.2) is 0 Å². The van der Waals surface area contributed by atoms with Crippen LogP contribution in [-0.4, -0.2) is 33.1 Å². The van der Waals surface area contributed by atoms with Gasteiger partial charge in [0.2, 0.25) is 0 Å². The van der Waals surface area contributed by atoms with Crippen LogP contribution < -0.4 is 15.5 Å². The van der Waals surface area contributed by atoms with Gasteiger partial charge in [-0.05, 0) is 47.4 Å². The van der Waals surface area contributed by atoms with Crippen molar-refractivity contribution in [1.29, 1.82) is 0 Å². The van der Waals surface area contributed by atoms with Crippen molar-refractivity contribution in [1.82, 2.24) is 10.6 Å². The van der Waals surface area contributed by atoms with Gasteiger partial charge < -0.3 is 15.5 Å². The molecule has 0 aliphatic heterocycles. The van der Waals surface area contributed by atoms with Crippen molar-refractivity contribution in [3.63, 3.8) is 0 Å². The van der Waals surface area contributed by atoms with Crippen LogP contribution in [0.15, 0.2) is 52.2 Å². The maximum Gasteiger partial charge on any atom is 0.191 e. The van der Waals surface area contributed by atoms with Gasteiger partial charge in [0.05, 0.1) is 0 Å². The van der Waals surface area contributed by atoms with E-state index in [1.165, 1.54) is 11.3 Å². The number of hydrogen-bond acceptors (Lipinski definition) is 3. The molecular weight excluding hydrogens is 304 g/mol. The molecule has 5 heteroatoms. The predicted octanol–water partition coefficient (Wildman–Crippen LogP) is 3.33. The van der Waals surface area contributed by atoms with Gasteiger partial charge in [-0.1, -0.05) is 18.2 Å². The van der Waals surface area contributed by atoms with Gasteiger partial charge in [0, 0.05) is 39.4 Å². The summed E-state index contributed by atoms with van der Waals surface area (Å²) < 4.78 is 0. The van der Waals surface area contributed by atoms with E-state index in [1.54, 1.807) is 11.3 Å². The molecular formula is C18H26N4S. The quantitative estimate of drug-likeness (QED) is 0.443. The fourth-order valence-electron chi connectivity index (χ4n) is 2.29. The van der Waals surface area contributed by atoms with E-state index in [-0.39, 0.29) is 0 Å². The molecule has 0 bridgehead atoms. The second-order valence-corrected chi connectivity index (χ2v) is 6.23. The SMILES string of the molecule is CN=C(NCCCCN(C)c1ccccc1)NCc1ccsc1. The van der Waals surface area contributed by atoms with Crippen molar-refractivity contribution >= 4 is 23.0 Å². The number of nitrogens with one attached hydrogen (secondary N) is 2. The van der Waals surface area contributed by atoms with Gasteiger partial charge in [-0.15, -0.1) is 0 Å². The third-order valence-electron chi connectivity index (χ3n) is 3.67. The minimum atomic E-state index is 0.819. The molecule has 23 heavy (non-hydrogen) atoms. The Hall–Kier alpha value is -2.01. The number of anilines is 1. The largest absolute Gasteiger partial charge is 0.375 e. The molecule has 2 aromatic rings. The van der Waals surface area contributed by atoms with E-state index >= 15 is 0 Å². The van der Waals surface area contributed by atoms with E-state index in [0.717, 1.165) is 38.4 Å². The summed E-state index contributed by atoms with van der Waals surface area (Å²) in [6.45, 7) is 2.82. The van der Waals surface area contributed by atoms with Gasteiger partial charge in [0.15, 0.2) is 5.96 Å². The molecule has 0 saturated heterocycles. The van der Waals surface area contributed by atoms with Crippen LogP contribution in [0, 0.1) is 0 Å². The number of thiophene rings is 1. The molecule has 4 nitrogen and oxygen atoms in total. The molecule has 0 spiro atoms. The van der Waals surface area contributed by atoms with Gasteiger partial charge in [-0.2, -0.15) is 11.3 Å². The zero-order valence-electron chi connectivity index (χ0n) is 14.0. The van der Waals surface area contributed by atoms with E-state index < -0.39 is 0 Å². The molecule has 0 aliphatic rings. The predicted molar refractivity (Wildman–Crippen MR) is 101 cm³/mol. The fourth-order valence-corrected chi connectivity index (χ4v) is 2.96. The minimum absolute atomic E-state index is 0.819. The second kappa shape index (κ2) is 9.90. The smallest absolute Gasteiger partial charge is 0.191 e. The van der Waals surface area contributed by atoms with E-state index in [9.17, 15) is 0 Å². The van der Waals surface area contributed by atoms with Crippen LogP contribution >= 0.6 is 11.3 Å². The molecule has 0 amide bonds. The first kappa shape index (κ1) is 17.3. The summed E-state index contributed by atoms with van der Waals surface area (Å²) in [5.74, 6) is 0.868. The average Bonchev–Trinajstić information content (AvgIpc) is 3.11. The lowest BCUT2D eigenvalue weighted by atomic mass is 10.2. The zero-order chi connectivity index (χ0) is 16.3. The standard InChI is InChI=1S/C18H26N4S/c1-19-18(21-14-16-10-13-23-15-16)20-11-6-7-12-22(2)17-8-4-3-5-9-17/h3-5,8-10,13,15H,6-7,11-12,14H2,1-2H3,(H2,19,20,21). The van der Waals surface area contributed by atoms with Crippen LogP contribution in [0.4, 0.5) is 5.69 Å². The van der Waals surface area contributed by atoms with Crippen LogP contribution in [0.25, 0.3) is 0 Å². The molecule has 2 rings (SSSR count). The normalized spacial score (nSPS) is 11.3. The monoisotopic (exact) mass is 330 g/mol. The third kappa shape index (κ3) is 6.32. The third-order valence-corrected chi connectivity index (χ3v) is 4.41. The molecule has 0 atom stereocenters. The first-order chi connectivity index (χ1) is 11.3. The number of rotatable bonds is 8. The molecule has 0 saturated carbocycles. The Labute approximate surface area is 143 Å². The Bertz CT molecular complexity index is 566. The number of unbranched alkanes of at least 4 members (excludes halogenated alkanes) is 1. The molecule has 0 aliphatic carbocycles. The summed E-state index contributed by atoms with van der Waals surface area (Å²) in [4.78, 5) is 6.55. The van der Waals surface area contributed by atoms with Crippen molar-refractivity contribution in [3.8, 4) is 0 Å². The summed E-state index contributed by atoms with van der Waals surface area (Å²) in [5, 5.41) is 10.9. The highest BCUT2D eigenvalue weighted by atomic mass is 32.1. The van der Waals surface area contributed by atoms with Crippen LogP contribution in [0.5, 0.6) is 0 Å². The average molecular weight is 331 g/mol. The number of aliphatic imine (C=N–C) groups is 1. The first-order valence-corrected chi connectivity index (χ1v) is 8.95. The first-order valence-electron chi connectivity index (χ1n) is 8.01. The minimum Gasteiger partial charge on any atom is -0.375 e. The maximum atomic E-state index is 4.26. The van der Waals surface area contributed by atoms with Crippen molar-refractivity contribution in [2.24, 2.45) is 4.99 Å². The summed E-state index contributed by atoms with van der Waals surface area (Å²) in [7, 11) is 3.95. The van der Waals surface area contributed by atoms with Crippen molar-refractivity contribution in [3.05, 3.63) is 52.7 Å². The number of benzene rings is 1. The van der Waals surface area contributed by atoms with E-state index in [4.69, 9.17) is 0 Å². The number of hydrogen-bond donors (Lipinski definition) is 2. The van der Waals surface area contributed by atoms with E-state index in [2.05, 4.69) is 74.7 Å². The Morgan fingerprint density at radius 2 is 1.96 bits per heavy atom. The molecule has 1 aromatic heterocycles. The van der Waals surface area contributed by atoms with Crippen molar-refractivity contribution in [2.45, 2.75) is 19.4 Å². The van der Waals surface area contributed by atoms with E-state index in [0.29, 0.717) is 0 Å². The van der Waals surface area contributed by atoms with E-state index in [1.807, 2.05) is 7.05 Å². The summed E-state index contributed by atoms with van der Waals surface area (Å²) in [6, 6.07) is 12.6. The molecule has 124 valence electrons. The van der Waals surface area contributed by atoms with Crippen LogP contribution in [-0.2, 0) is 6.54 Å². The van der Waals surface area contributed by atoms with Crippen molar-refractivity contribution < 1.29 is 0 Å². The molecule has 0 unspecified atom stereocenters. The highest BCUT2D eigenvalue weighted by Gasteiger charge is 2.01. The van der Waals surface area contributed by atoms with Gasteiger partial charge in [0.25, 0.3) is 0 Å². The number of nitrogens with zero attached hydrogens (tertiary/aromatic N) is 2. The number of guanidine groups is 1. The van der Waals surface area contributed by atoms with Crippen LogP contribution in [0.1, 0.15) is 18.4 Å². The topological polar surface area (TPSA) is 39.7 Å². The Balaban J connectivity index is 1.58. The molecule has 1 heterocycles. The Morgan fingerprint density at radius 1 is 1.13 bits per heavy atom. The lowest BCUT2D eigenvalue weighted by Crippen LogP contribution is -2.37. The molecule has 0 fully saturated rings. The Morgan fingerprint density at radius 3 is 2.65 bits per heavy atom. The van der Waals surface area contributed by atoms with Crippen LogP contribution in [0.3, 0.4) is 0 Å². The summed E-state index contributed by atoms with van der Waals surface area (Å²) >= 11 is 1.72. The molecule has 0 radical (unpaired) electrons. The van der Waals surface area contributed by atoms with Gasteiger partial charge in [0.1, 0.15) is 0 Å². The zero-order valence-corrected chi connectivity index (χ0v) is 14.8. The molecule has 1 aromatic carbocycles. The number of para-hydroxylation sites is 1. The summed E-state index contributed by atoms with van der Waals surface area (Å²) in [5.41, 5.74) is 2.57. The summed E-state index contributed by atoms with van der Waals surface area (Å²) in [6.07, 6.45) is 2.27. The molecule has 2 N–H and O–H groups in total. The highest BCUT2D eigenvalue weighted by molar-refractivity contribution is 7.07. The van der Waals surface area contributed by atoms with Gasteiger partial charge in [-0.3, -0.25) is 4.99 Å². The Kier molecular flexibility index (Phi) is 7.46. The maximum absolute atomic E-state index is 4.26. The van der Waals surface area contributed by atoms with Gasteiger partial charge >= 0.3 is 0 Å². The highest BCUT2D eigenvalue weighted by Crippen LogP contribution is 2.11. The van der Waals surface area contributed by atoms with Crippen molar-refractivity contribution in [2.75, 3.05) is 32.1 Å². The fraction of sp³-hybridized carbons (Fsp3) is 0.389. The lowest BCUT2D eigenvalue weighted by molar-refractivity contribution is 0.686. The lowest BCUT2D eigenvalue weighted by Gasteiger charge is -2.19.